The number of phenolic OH excluding ortho intramolecular Hbond substituents is 1. The van der Waals surface area contributed by atoms with Gasteiger partial charge in [-0.1, -0.05) is 45.6 Å². The fourth-order valence-electron chi connectivity index (χ4n) is 2.09. The van der Waals surface area contributed by atoms with Gasteiger partial charge in [0.05, 0.1) is 6.10 Å². The normalized spacial score (nSPS) is 14.4. The van der Waals surface area contributed by atoms with E-state index in [1.165, 1.54) is 31.4 Å². The van der Waals surface area contributed by atoms with Gasteiger partial charge in [0.25, 0.3) is 0 Å². The van der Waals surface area contributed by atoms with Crippen molar-refractivity contribution in [1.82, 2.24) is 0 Å². The predicted octanol–water partition coefficient (Wildman–Crippen LogP) is 4.17. The Labute approximate surface area is 108 Å². The number of aliphatic hydroxyl groups excluding tert-OH is 1. The zero-order chi connectivity index (χ0) is 13.5. The Balaban J connectivity index is 2.51. The molecule has 0 heterocycles. The third-order valence-corrected chi connectivity index (χ3v) is 3.37. The molecule has 1 aromatic rings. The molecule has 3 heteroatoms. The molecule has 0 aliphatic heterocycles. The van der Waals surface area contributed by atoms with Crippen molar-refractivity contribution in [3.05, 3.63) is 29.6 Å². The standard InChI is InChI=1S/C15H23FO2/c1-3-4-5-6-7-11(2)15(18)12-8-9-14(17)13(16)10-12/h8-11,15,17-18H,3-7H2,1-2H3. The first-order chi connectivity index (χ1) is 8.56. The van der Waals surface area contributed by atoms with Crippen molar-refractivity contribution in [3.63, 3.8) is 0 Å². The number of hydrogen-bond acceptors (Lipinski definition) is 2. The van der Waals surface area contributed by atoms with Crippen molar-refractivity contribution in [2.45, 2.75) is 52.1 Å². The Hall–Kier alpha value is -1.09. The second kappa shape index (κ2) is 7.37. The summed E-state index contributed by atoms with van der Waals surface area (Å²) in [4.78, 5) is 0. The van der Waals surface area contributed by atoms with Crippen LogP contribution in [0.25, 0.3) is 0 Å². The first-order valence-corrected chi connectivity index (χ1v) is 6.72. The monoisotopic (exact) mass is 254 g/mol. The summed E-state index contributed by atoms with van der Waals surface area (Å²) in [7, 11) is 0. The van der Waals surface area contributed by atoms with Crippen LogP contribution >= 0.6 is 0 Å². The molecule has 2 atom stereocenters. The number of aromatic hydroxyl groups is 1. The van der Waals surface area contributed by atoms with Crippen LogP contribution in [0, 0.1) is 11.7 Å². The highest BCUT2D eigenvalue weighted by molar-refractivity contribution is 5.29. The van der Waals surface area contributed by atoms with E-state index in [0.717, 1.165) is 12.8 Å². The molecule has 0 aromatic heterocycles. The second-order valence-corrected chi connectivity index (χ2v) is 4.98. The average molecular weight is 254 g/mol. The lowest BCUT2D eigenvalue weighted by atomic mass is 9.92. The van der Waals surface area contributed by atoms with Crippen molar-refractivity contribution in [2.24, 2.45) is 5.92 Å². The third kappa shape index (κ3) is 4.30. The summed E-state index contributed by atoms with van der Waals surface area (Å²) in [6, 6.07) is 4.08. The molecule has 0 bridgehead atoms. The fourth-order valence-corrected chi connectivity index (χ4v) is 2.09. The van der Waals surface area contributed by atoms with E-state index in [2.05, 4.69) is 6.92 Å². The minimum atomic E-state index is -0.676. The van der Waals surface area contributed by atoms with Gasteiger partial charge in [-0.15, -0.1) is 0 Å². The quantitative estimate of drug-likeness (QED) is 0.717. The van der Waals surface area contributed by atoms with Crippen LogP contribution in [0.3, 0.4) is 0 Å². The zero-order valence-corrected chi connectivity index (χ0v) is 11.2. The molecule has 0 saturated carbocycles. The molecule has 2 N–H and O–H groups in total. The first kappa shape index (κ1) is 15.0. The van der Waals surface area contributed by atoms with Crippen LogP contribution < -0.4 is 0 Å². The first-order valence-electron chi connectivity index (χ1n) is 6.72. The van der Waals surface area contributed by atoms with E-state index in [1.807, 2.05) is 6.92 Å². The fraction of sp³-hybridized carbons (Fsp3) is 0.600. The molecule has 0 radical (unpaired) electrons. The van der Waals surface area contributed by atoms with Crippen LogP contribution in [-0.4, -0.2) is 10.2 Å². The second-order valence-electron chi connectivity index (χ2n) is 4.98. The maximum absolute atomic E-state index is 13.2. The lowest BCUT2D eigenvalue weighted by Crippen LogP contribution is -2.09. The maximum Gasteiger partial charge on any atom is 0.165 e. The smallest absolute Gasteiger partial charge is 0.165 e. The highest BCUT2D eigenvalue weighted by atomic mass is 19.1. The van der Waals surface area contributed by atoms with Gasteiger partial charge >= 0.3 is 0 Å². The average Bonchev–Trinajstić information content (AvgIpc) is 2.37. The van der Waals surface area contributed by atoms with E-state index in [-0.39, 0.29) is 11.7 Å². The largest absolute Gasteiger partial charge is 0.505 e. The Bertz CT molecular complexity index is 366. The molecule has 0 aliphatic rings. The van der Waals surface area contributed by atoms with Crippen LogP contribution in [0.5, 0.6) is 5.75 Å². The number of unbranched alkanes of at least 4 members (excludes halogenated alkanes) is 3. The number of halogens is 1. The van der Waals surface area contributed by atoms with Gasteiger partial charge in [-0.05, 0) is 30.0 Å². The number of benzene rings is 1. The van der Waals surface area contributed by atoms with Crippen molar-refractivity contribution in [3.8, 4) is 5.75 Å². The van der Waals surface area contributed by atoms with E-state index in [9.17, 15) is 9.50 Å². The Kier molecular flexibility index (Phi) is 6.13. The van der Waals surface area contributed by atoms with Gasteiger partial charge in [-0.2, -0.15) is 0 Å². The van der Waals surface area contributed by atoms with Crippen molar-refractivity contribution < 1.29 is 14.6 Å². The zero-order valence-electron chi connectivity index (χ0n) is 11.2. The number of phenols is 1. The summed E-state index contributed by atoms with van der Waals surface area (Å²) in [5, 5.41) is 19.2. The van der Waals surface area contributed by atoms with Gasteiger partial charge in [-0.25, -0.2) is 4.39 Å². The third-order valence-electron chi connectivity index (χ3n) is 3.37. The van der Waals surface area contributed by atoms with Crippen molar-refractivity contribution in [1.29, 1.82) is 0 Å². The van der Waals surface area contributed by atoms with E-state index < -0.39 is 11.9 Å². The Morgan fingerprint density at radius 3 is 2.56 bits per heavy atom. The molecule has 102 valence electrons. The Morgan fingerprint density at radius 1 is 1.22 bits per heavy atom. The maximum atomic E-state index is 13.2. The van der Waals surface area contributed by atoms with Crippen LogP contribution in [0.4, 0.5) is 4.39 Å². The Morgan fingerprint density at radius 2 is 1.94 bits per heavy atom. The molecule has 2 nitrogen and oxygen atoms in total. The van der Waals surface area contributed by atoms with Gasteiger partial charge in [0, 0.05) is 0 Å². The molecule has 0 fully saturated rings. The molecule has 2 unspecified atom stereocenters. The summed E-state index contributed by atoms with van der Waals surface area (Å²) in [6.45, 7) is 4.14. The van der Waals surface area contributed by atoms with Crippen LogP contribution in [0.15, 0.2) is 18.2 Å². The molecule has 1 rings (SSSR count). The van der Waals surface area contributed by atoms with E-state index in [0.29, 0.717) is 5.56 Å². The topological polar surface area (TPSA) is 40.5 Å². The minimum absolute atomic E-state index is 0.103. The van der Waals surface area contributed by atoms with Gasteiger partial charge in [0.2, 0.25) is 0 Å². The minimum Gasteiger partial charge on any atom is -0.505 e. The number of rotatable bonds is 7. The van der Waals surface area contributed by atoms with Crippen LogP contribution in [0.1, 0.15) is 57.6 Å². The molecular formula is C15H23FO2. The van der Waals surface area contributed by atoms with E-state index in [4.69, 9.17) is 5.11 Å². The summed E-state index contributed by atoms with van der Waals surface area (Å²) < 4.78 is 13.2. The predicted molar refractivity (Wildman–Crippen MR) is 70.9 cm³/mol. The molecule has 0 spiro atoms. The van der Waals surface area contributed by atoms with Crippen molar-refractivity contribution in [2.75, 3.05) is 0 Å². The molecule has 18 heavy (non-hydrogen) atoms. The summed E-state index contributed by atoms with van der Waals surface area (Å²) in [6.07, 6.45) is 4.95. The summed E-state index contributed by atoms with van der Waals surface area (Å²) in [5.74, 6) is -0.947. The molecule has 1 aromatic carbocycles. The summed E-state index contributed by atoms with van der Waals surface area (Å²) in [5.41, 5.74) is 0.535. The van der Waals surface area contributed by atoms with Crippen molar-refractivity contribution >= 4 is 0 Å². The van der Waals surface area contributed by atoms with E-state index >= 15 is 0 Å². The van der Waals surface area contributed by atoms with Gasteiger partial charge in [0.1, 0.15) is 0 Å². The van der Waals surface area contributed by atoms with Crippen LogP contribution in [0.2, 0.25) is 0 Å². The van der Waals surface area contributed by atoms with Crippen LogP contribution in [-0.2, 0) is 0 Å². The van der Waals surface area contributed by atoms with Gasteiger partial charge in [-0.3, -0.25) is 0 Å². The highest BCUT2D eigenvalue weighted by Gasteiger charge is 2.17. The van der Waals surface area contributed by atoms with E-state index in [1.54, 1.807) is 6.07 Å². The lowest BCUT2D eigenvalue weighted by molar-refractivity contribution is 0.110. The molecular weight excluding hydrogens is 231 g/mol. The number of aliphatic hydroxyl groups is 1. The molecule has 0 saturated heterocycles. The SMILES string of the molecule is CCCCCCC(C)C(O)c1ccc(O)c(F)c1. The molecule has 0 amide bonds. The number of hydrogen-bond donors (Lipinski definition) is 2. The molecule has 0 aliphatic carbocycles. The lowest BCUT2D eigenvalue weighted by Gasteiger charge is -2.19. The van der Waals surface area contributed by atoms with Gasteiger partial charge in [0.15, 0.2) is 11.6 Å². The summed E-state index contributed by atoms with van der Waals surface area (Å²) >= 11 is 0. The highest BCUT2D eigenvalue weighted by Crippen LogP contribution is 2.28. The van der Waals surface area contributed by atoms with Gasteiger partial charge < -0.3 is 10.2 Å².